The molecular weight excluding hydrogens is 242 g/mol. The Morgan fingerprint density at radius 3 is 3.00 bits per heavy atom. The topological polar surface area (TPSA) is 93.6 Å². The summed E-state index contributed by atoms with van der Waals surface area (Å²) >= 11 is 0. The molecule has 1 fully saturated rings. The number of rotatable bonds is 5. The molecule has 19 heavy (non-hydrogen) atoms. The third-order valence-corrected chi connectivity index (χ3v) is 3.75. The van der Waals surface area contributed by atoms with Crippen molar-refractivity contribution in [2.75, 3.05) is 0 Å². The van der Waals surface area contributed by atoms with Gasteiger partial charge in [0.05, 0.1) is 11.7 Å². The Kier molecular flexibility index (Phi) is 3.10. The zero-order valence-electron chi connectivity index (χ0n) is 11.1. The van der Waals surface area contributed by atoms with E-state index in [1.54, 1.807) is 6.20 Å². The summed E-state index contributed by atoms with van der Waals surface area (Å²) in [6, 6.07) is 0. The van der Waals surface area contributed by atoms with Crippen LogP contribution in [0, 0.1) is 0 Å². The summed E-state index contributed by atoms with van der Waals surface area (Å²) in [6.45, 7) is 2.14. The lowest BCUT2D eigenvalue weighted by Gasteiger charge is -2.35. The standard InChI is InChI=1S/C13H19N5O/c1-2-3-5-10-17-11(19-18-10)9-8-15-12(16-9)13(14)6-4-7-13/h8H,2-7,14H2,1H3,(H,15,16). The van der Waals surface area contributed by atoms with Crippen LogP contribution >= 0.6 is 0 Å². The Bertz CT molecular complexity index is 555. The van der Waals surface area contributed by atoms with Crippen LogP contribution in [0.25, 0.3) is 11.6 Å². The van der Waals surface area contributed by atoms with Crippen LogP contribution in [0.15, 0.2) is 10.7 Å². The summed E-state index contributed by atoms with van der Waals surface area (Å²) in [6.07, 6.45) is 7.87. The Morgan fingerprint density at radius 2 is 2.32 bits per heavy atom. The molecule has 1 aliphatic rings. The molecule has 0 unspecified atom stereocenters. The third-order valence-electron chi connectivity index (χ3n) is 3.75. The van der Waals surface area contributed by atoms with E-state index in [0.717, 1.165) is 55.9 Å². The second-order valence-electron chi connectivity index (χ2n) is 5.27. The molecule has 3 rings (SSSR count). The molecule has 2 aromatic heterocycles. The second-order valence-corrected chi connectivity index (χ2v) is 5.27. The van der Waals surface area contributed by atoms with Gasteiger partial charge in [0, 0.05) is 6.42 Å². The van der Waals surface area contributed by atoms with Gasteiger partial charge in [-0.05, 0) is 25.7 Å². The molecule has 0 saturated heterocycles. The fourth-order valence-electron chi connectivity index (χ4n) is 2.28. The number of unbranched alkanes of at least 4 members (excludes halogenated alkanes) is 1. The van der Waals surface area contributed by atoms with Crippen molar-refractivity contribution in [2.24, 2.45) is 5.73 Å². The van der Waals surface area contributed by atoms with Crippen LogP contribution < -0.4 is 5.73 Å². The SMILES string of the molecule is CCCCc1noc(-c2cnc(C3(N)CCC3)[nH]2)n1. The van der Waals surface area contributed by atoms with E-state index in [-0.39, 0.29) is 5.54 Å². The Hall–Kier alpha value is -1.69. The smallest absolute Gasteiger partial charge is 0.275 e. The first-order valence-corrected chi connectivity index (χ1v) is 6.88. The van der Waals surface area contributed by atoms with Gasteiger partial charge in [-0.2, -0.15) is 4.98 Å². The van der Waals surface area contributed by atoms with Gasteiger partial charge in [0.2, 0.25) is 0 Å². The predicted octanol–water partition coefficient (Wildman–Crippen LogP) is 2.14. The quantitative estimate of drug-likeness (QED) is 0.860. The second kappa shape index (κ2) is 4.77. The van der Waals surface area contributed by atoms with E-state index in [2.05, 4.69) is 27.0 Å². The molecule has 0 atom stereocenters. The Labute approximate surface area is 111 Å². The average Bonchev–Trinajstić information content (AvgIpc) is 3.02. The van der Waals surface area contributed by atoms with E-state index in [9.17, 15) is 0 Å². The van der Waals surface area contributed by atoms with Crippen molar-refractivity contribution in [3.8, 4) is 11.6 Å². The molecule has 0 amide bonds. The van der Waals surface area contributed by atoms with Crippen LogP contribution in [0.4, 0.5) is 0 Å². The van der Waals surface area contributed by atoms with Crippen LogP contribution in [0.5, 0.6) is 0 Å². The summed E-state index contributed by atoms with van der Waals surface area (Å²) in [5.41, 5.74) is 6.69. The summed E-state index contributed by atoms with van der Waals surface area (Å²) < 4.78 is 5.25. The Morgan fingerprint density at radius 1 is 1.47 bits per heavy atom. The van der Waals surface area contributed by atoms with Gasteiger partial charge in [0.15, 0.2) is 5.82 Å². The summed E-state index contributed by atoms with van der Waals surface area (Å²) in [7, 11) is 0. The molecule has 0 spiro atoms. The number of nitrogens with zero attached hydrogens (tertiary/aromatic N) is 3. The number of nitrogens with one attached hydrogen (secondary N) is 1. The van der Waals surface area contributed by atoms with Gasteiger partial charge in [-0.25, -0.2) is 4.98 Å². The molecule has 6 nitrogen and oxygen atoms in total. The first-order valence-electron chi connectivity index (χ1n) is 6.88. The van der Waals surface area contributed by atoms with E-state index in [0.29, 0.717) is 5.89 Å². The average molecular weight is 261 g/mol. The van der Waals surface area contributed by atoms with Crippen molar-refractivity contribution >= 4 is 0 Å². The predicted molar refractivity (Wildman–Crippen MR) is 70.2 cm³/mol. The highest BCUT2D eigenvalue weighted by atomic mass is 16.5. The molecule has 0 bridgehead atoms. The molecule has 3 N–H and O–H groups in total. The van der Waals surface area contributed by atoms with Crippen LogP contribution in [0.1, 0.15) is 50.7 Å². The number of nitrogens with two attached hydrogens (primary N) is 1. The summed E-state index contributed by atoms with van der Waals surface area (Å²) in [5, 5.41) is 3.97. The van der Waals surface area contributed by atoms with Gasteiger partial charge in [-0.15, -0.1) is 0 Å². The number of imidazole rings is 1. The minimum Gasteiger partial charge on any atom is -0.336 e. The summed E-state index contributed by atoms with van der Waals surface area (Å²) in [5.74, 6) is 2.06. The Balaban J connectivity index is 1.77. The maximum absolute atomic E-state index is 6.23. The van der Waals surface area contributed by atoms with E-state index in [4.69, 9.17) is 10.3 Å². The molecule has 0 aromatic carbocycles. The number of hydrogen-bond donors (Lipinski definition) is 2. The molecule has 102 valence electrons. The lowest BCUT2D eigenvalue weighted by molar-refractivity contribution is 0.240. The molecule has 2 heterocycles. The maximum atomic E-state index is 6.23. The molecule has 2 aromatic rings. The van der Waals surface area contributed by atoms with Gasteiger partial charge >= 0.3 is 0 Å². The largest absolute Gasteiger partial charge is 0.336 e. The maximum Gasteiger partial charge on any atom is 0.275 e. The van der Waals surface area contributed by atoms with E-state index < -0.39 is 0 Å². The fourth-order valence-corrected chi connectivity index (χ4v) is 2.28. The first kappa shape index (κ1) is 12.3. The van der Waals surface area contributed by atoms with Crippen LogP contribution in [-0.4, -0.2) is 20.1 Å². The van der Waals surface area contributed by atoms with Crippen molar-refractivity contribution in [1.29, 1.82) is 0 Å². The van der Waals surface area contributed by atoms with Gasteiger partial charge in [-0.3, -0.25) is 0 Å². The van der Waals surface area contributed by atoms with Gasteiger partial charge in [-0.1, -0.05) is 18.5 Å². The number of hydrogen-bond acceptors (Lipinski definition) is 5. The van der Waals surface area contributed by atoms with Crippen LogP contribution in [0.3, 0.4) is 0 Å². The third kappa shape index (κ3) is 2.28. The fraction of sp³-hybridized carbons (Fsp3) is 0.615. The minimum absolute atomic E-state index is 0.288. The van der Waals surface area contributed by atoms with Crippen molar-refractivity contribution in [3.05, 3.63) is 17.8 Å². The number of aromatic amines is 1. The van der Waals surface area contributed by atoms with Crippen molar-refractivity contribution in [1.82, 2.24) is 20.1 Å². The van der Waals surface area contributed by atoms with Crippen molar-refractivity contribution in [3.63, 3.8) is 0 Å². The molecule has 0 aliphatic heterocycles. The lowest BCUT2D eigenvalue weighted by Crippen LogP contribution is -2.44. The van der Waals surface area contributed by atoms with E-state index in [1.165, 1.54) is 0 Å². The highest BCUT2D eigenvalue weighted by Gasteiger charge is 2.37. The number of H-pyrrole nitrogens is 1. The molecule has 6 heteroatoms. The van der Waals surface area contributed by atoms with E-state index >= 15 is 0 Å². The van der Waals surface area contributed by atoms with Crippen LogP contribution in [0.2, 0.25) is 0 Å². The van der Waals surface area contributed by atoms with Gasteiger partial charge < -0.3 is 15.2 Å². The normalized spacial score (nSPS) is 17.4. The highest BCUT2D eigenvalue weighted by molar-refractivity contribution is 5.45. The molecule has 1 saturated carbocycles. The molecule has 1 aliphatic carbocycles. The summed E-state index contributed by atoms with van der Waals surface area (Å²) in [4.78, 5) is 11.9. The monoisotopic (exact) mass is 261 g/mol. The lowest BCUT2D eigenvalue weighted by atomic mass is 9.77. The van der Waals surface area contributed by atoms with Gasteiger partial charge in [0.25, 0.3) is 5.89 Å². The van der Waals surface area contributed by atoms with E-state index in [1.807, 2.05) is 0 Å². The zero-order valence-corrected chi connectivity index (χ0v) is 11.1. The van der Waals surface area contributed by atoms with Crippen molar-refractivity contribution in [2.45, 2.75) is 51.0 Å². The van der Waals surface area contributed by atoms with Gasteiger partial charge in [0.1, 0.15) is 11.5 Å². The zero-order chi connectivity index (χ0) is 13.3. The molecular formula is C13H19N5O. The highest BCUT2D eigenvalue weighted by Crippen LogP contribution is 2.37. The number of aryl methyl sites for hydroxylation is 1. The van der Waals surface area contributed by atoms with Crippen LogP contribution in [-0.2, 0) is 12.0 Å². The first-order chi connectivity index (χ1) is 9.21. The molecule has 0 radical (unpaired) electrons. The minimum atomic E-state index is -0.288. The number of aromatic nitrogens is 4. The van der Waals surface area contributed by atoms with Crippen molar-refractivity contribution < 1.29 is 4.52 Å².